The molecule has 1 aromatic carbocycles. The molecule has 0 heterocycles. The Kier molecular flexibility index (Phi) is 7.14. The summed E-state index contributed by atoms with van der Waals surface area (Å²) in [5.74, 6) is 0. The molecule has 0 saturated heterocycles. The van der Waals surface area contributed by atoms with E-state index in [2.05, 4.69) is 20.3 Å². The second-order valence-electron chi connectivity index (χ2n) is 6.70. The molecule has 1 aliphatic rings. The highest BCUT2D eigenvalue weighted by atomic mass is 19.4. The summed E-state index contributed by atoms with van der Waals surface area (Å²) in [5.41, 5.74) is 1.60. The van der Waals surface area contributed by atoms with Crippen molar-refractivity contribution in [3.8, 4) is 0 Å². The van der Waals surface area contributed by atoms with E-state index in [0.29, 0.717) is 11.7 Å². The standard InChI is InChI=1S/C18H26F3N3O2/c1-13(11-26-12-18(19,20)21)22-17(25)23-15-9-5-6-10-16(15)24(2)14-7-3-4-8-14/h5-6,9-10,13-14H,3-4,7-8,11-12H2,1-2H3,(H2,22,23,25)/t13-/m0/s1. The maximum absolute atomic E-state index is 12.2. The van der Waals surface area contributed by atoms with Crippen LogP contribution in [0.15, 0.2) is 24.3 Å². The Labute approximate surface area is 151 Å². The third-order valence-corrected chi connectivity index (χ3v) is 4.42. The molecule has 8 heteroatoms. The number of nitrogens with one attached hydrogen (secondary N) is 2. The molecule has 1 aliphatic carbocycles. The molecular formula is C18H26F3N3O2. The Hall–Kier alpha value is -1.96. The number of nitrogens with zero attached hydrogens (tertiary/aromatic N) is 1. The number of hydrogen-bond donors (Lipinski definition) is 2. The molecule has 0 aliphatic heterocycles. The average Bonchev–Trinajstić information content (AvgIpc) is 3.07. The normalized spacial score (nSPS) is 16.3. The highest BCUT2D eigenvalue weighted by molar-refractivity contribution is 5.93. The van der Waals surface area contributed by atoms with Gasteiger partial charge < -0.3 is 20.3 Å². The van der Waals surface area contributed by atoms with E-state index in [0.717, 1.165) is 18.5 Å². The predicted octanol–water partition coefficient (Wildman–Crippen LogP) is 4.15. The number of urea groups is 1. The number of carbonyl (C=O) groups is 1. The number of hydrogen-bond acceptors (Lipinski definition) is 3. The largest absolute Gasteiger partial charge is 0.411 e. The molecule has 0 spiro atoms. The van der Waals surface area contributed by atoms with Crippen LogP contribution in [0.25, 0.3) is 0 Å². The van der Waals surface area contributed by atoms with E-state index >= 15 is 0 Å². The highest BCUT2D eigenvalue weighted by Crippen LogP contribution is 2.31. The SMILES string of the molecule is C[C@@H](COCC(F)(F)F)NC(=O)Nc1ccccc1N(C)C1CCCC1. The molecule has 1 saturated carbocycles. The van der Waals surface area contributed by atoms with Gasteiger partial charge in [-0.05, 0) is 31.9 Å². The summed E-state index contributed by atoms with van der Waals surface area (Å²) in [6.07, 6.45) is 0.308. The molecule has 5 nitrogen and oxygen atoms in total. The lowest BCUT2D eigenvalue weighted by atomic mass is 10.1. The molecule has 1 fully saturated rings. The Morgan fingerprint density at radius 3 is 2.62 bits per heavy atom. The van der Waals surface area contributed by atoms with Crippen LogP contribution in [-0.4, -0.2) is 44.6 Å². The molecule has 2 N–H and O–H groups in total. The number of anilines is 2. The van der Waals surface area contributed by atoms with Crippen molar-refractivity contribution in [1.29, 1.82) is 0 Å². The van der Waals surface area contributed by atoms with E-state index in [-0.39, 0.29) is 6.61 Å². The Morgan fingerprint density at radius 2 is 1.96 bits per heavy atom. The van der Waals surface area contributed by atoms with Gasteiger partial charge in [-0.3, -0.25) is 0 Å². The van der Waals surface area contributed by atoms with Crippen LogP contribution in [0.1, 0.15) is 32.6 Å². The summed E-state index contributed by atoms with van der Waals surface area (Å²) < 4.78 is 40.8. The minimum absolute atomic E-state index is 0.212. The van der Waals surface area contributed by atoms with Crippen molar-refractivity contribution in [2.24, 2.45) is 0 Å². The lowest BCUT2D eigenvalue weighted by Crippen LogP contribution is -2.40. The highest BCUT2D eigenvalue weighted by Gasteiger charge is 2.27. The van der Waals surface area contributed by atoms with E-state index < -0.39 is 24.9 Å². The van der Waals surface area contributed by atoms with Gasteiger partial charge in [-0.25, -0.2) is 4.79 Å². The molecule has 0 aromatic heterocycles. The lowest BCUT2D eigenvalue weighted by Gasteiger charge is -2.28. The van der Waals surface area contributed by atoms with Crippen molar-refractivity contribution in [1.82, 2.24) is 5.32 Å². The van der Waals surface area contributed by atoms with Crippen molar-refractivity contribution in [2.75, 3.05) is 30.5 Å². The summed E-state index contributed by atoms with van der Waals surface area (Å²) in [6.45, 7) is 0.0543. The number of alkyl halides is 3. The van der Waals surface area contributed by atoms with Gasteiger partial charge in [-0.1, -0.05) is 25.0 Å². The maximum atomic E-state index is 12.2. The summed E-state index contributed by atoms with van der Waals surface area (Å²) >= 11 is 0. The topological polar surface area (TPSA) is 53.6 Å². The Bertz CT molecular complexity index is 589. The first-order chi connectivity index (χ1) is 12.3. The number of halogens is 3. The van der Waals surface area contributed by atoms with E-state index in [1.165, 1.54) is 12.8 Å². The van der Waals surface area contributed by atoms with Gasteiger partial charge in [0.25, 0.3) is 0 Å². The monoisotopic (exact) mass is 373 g/mol. The smallest absolute Gasteiger partial charge is 0.370 e. The number of ether oxygens (including phenoxy) is 1. The summed E-state index contributed by atoms with van der Waals surface area (Å²) in [7, 11) is 2.02. The Balaban J connectivity index is 1.88. The first-order valence-corrected chi connectivity index (χ1v) is 8.80. The molecular weight excluding hydrogens is 347 g/mol. The van der Waals surface area contributed by atoms with E-state index in [4.69, 9.17) is 0 Å². The van der Waals surface area contributed by atoms with Gasteiger partial charge in [0, 0.05) is 13.1 Å². The van der Waals surface area contributed by atoms with Crippen molar-refractivity contribution in [3.63, 3.8) is 0 Å². The number of amides is 2. The van der Waals surface area contributed by atoms with Gasteiger partial charge >= 0.3 is 12.2 Å². The number of para-hydroxylation sites is 2. The average molecular weight is 373 g/mol. The van der Waals surface area contributed by atoms with Crippen molar-refractivity contribution in [3.05, 3.63) is 24.3 Å². The van der Waals surface area contributed by atoms with Gasteiger partial charge in [-0.2, -0.15) is 13.2 Å². The van der Waals surface area contributed by atoms with Gasteiger partial charge in [0.1, 0.15) is 6.61 Å². The molecule has 2 amide bonds. The fourth-order valence-electron chi connectivity index (χ4n) is 3.15. The summed E-state index contributed by atoms with van der Waals surface area (Å²) in [4.78, 5) is 14.3. The minimum Gasteiger partial charge on any atom is -0.370 e. The van der Waals surface area contributed by atoms with Crippen LogP contribution in [0.2, 0.25) is 0 Å². The van der Waals surface area contributed by atoms with Gasteiger partial charge in [0.2, 0.25) is 0 Å². The zero-order valence-corrected chi connectivity index (χ0v) is 15.1. The van der Waals surface area contributed by atoms with Crippen LogP contribution in [0, 0.1) is 0 Å². The maximum Gasteiger partial charge on any atom is 0.411 e. The van der Waals surface area contributed by atoms with Gasteiger partial charge in [0.15, 0.2) is 0 Å². The predicted molar refractivity (Wildman–Crippen MR) is 95.6 cm³/mol. The summed E-state index contributed by atoms with van der Waals surface area (Å²) in [6, 6.07) is 6.94. The molecule has 0 radical (unpaired) electrons. The second kappa shape index (κ2) is 9.12. The lowest BCUT2D eigenvalue weighted by molar-refractivity contribution is -0.174. The molecule has 1 atom stereocenters. The summed E-state index contributed by atoms with van der Waals surface area (Å²) in [5, 5.41) is 5.37. The van der Waals surface area contributed by atoms with Crippen molar-refractivity contribution < 1.29 is 22.7 Å². The minimum atomic E-state index is -4.37. The molecule has 0 bridgehead atoms. The zero-order chi connectivity index (χ0) is 19.2. The third-order valence-electron chi connectivity index (χ3n) is 4.42. The van der Waals surface area contributed by atoms with Crippen LogP contribution < -0.4 is 15.5 Å². The fourth-order valence-corrected chi connectivity index (χ4v) is 3.15. The van der Waals surface area contributed by atoms with Crippen LogP contribution in [0.4, 0.5) is 29.3 Å². The number of rotatable bonds is 7. The van der Waals surface area contributed by atoms with E-state index in [9.17, 15) is 18.0 Å². The first kappa shape index (κ1) is 20.4. The molecule has 1 aromatic rings. The Morgan fingerprint density at radius 1 is 1.31 bits per heavy atom. The molecule has 2 rings (SSSR count). The van der Waals surface area contributed by atoms with Gasteiger partial charge in [0.05, 0.1) is 24.0 Å². The van der Waals surface area contributed by atoms with Crippen LogP contribution >= 0.6 is 0 Å². The van der Waals surface area contributed by atoms with Crippen LogP contribution in [-0.2, 0) is 4.74 Å². The first-order valence-electron chi connectivity index (χ1n) is 8.80. The number of benzene rings is 1. The molecule has 146 valence electrons. The van der Waals surface area contributed by atoms with Gasteiger partial charge in [-0.15, -0.1) is 0 Å². The molecule has 0 unspecified atom stereocenters. The number of carbonyl (C=O) groups excluding carboxylic acids is 1. The van der Waals surface area contributed by atoms with Crippen LogP contribution in [0.3, 0.4) is 0 Å². The second-order valence-corrected chi connectivity index (χ2v) is 6.70. The molecule has 26 heavy (non-hydrogen) atoms. The third kappa shape index (κ3) is 6.40. The van der Waals surface area contributed by atoms with Crippen molar-refractivity contribution in [2.45, 2.75) is 50.9 Å². The zero-order valence-electron chi connectivity index (χ0n) is 15.1. The fraction of sp³-hybridized carbons (Fsp3) is 0.611. The quantitative estimate of drug-likeness (QED) is 0.755. The van der Waals surface area contributed by atoms with Crippen molar-refractivity contribution >= 4 is 17.4 Å². The van der Waals surface area contributed by atoms with Crippen LogP contribution in [0.5, 0.6) is 0 Å². The van der Waals surface area contributed by atoms with E-state index in [1.54, 1.807) is 6.92 Å². The van der Waals surface area contributed by atoms with E-state index in [1.807, 2.05) is 31.3 Å².